The molecule has 34 heavy (non-hydrogen) atoms. The number of rotatable bonds is 6. The first kappa shape index (κ1) is 22.8. The van der Waals surface area contributed by atoms with Gasteiger partial charge in [-0.05, 0) is 31.4 Å². The molecular formula is C24H25N3O5S2. The Balaban J connectivity index is 1.28. The Morgan fingerprint density at radius 1 is 1.15 bits per heavy atom. The minimum atomic E-state index is -3.87. The minimum Gasteiger partial charge on any atom is -0.486 e. The number of nitrogens with one attached hydrogen (secondary N) is 1. The van der Waals surface area contributed by atoms with Crippen LogP contribution in [0.15, 0.2) is 53.4 Å². The maximum Gasteiger partial charge on any atom is 0.243 e. The first-order valence-corrected chi connectivity index (χ1v) is 13.4. The molecule has 1 N–H and O–H groups in total. The molecule has 1 amide bonds. The maximum atomic E-state index is 13.0. The number of fused-ring (bicyclic) bond motifs is 2. The van der Waals surface area contributed by atoms with E-state index in [0.29, 0.717) is 24.7 Å². The molecule has 0 saturated heterocycles. The van der Waals surface area contributed by atoms with Gasteiger partial charge in [0.2, 0.25) is 15.9 Å². The summed E-state index contributed by atoms with van der Waals surface area (Å²) in [4.78, 5) is 18.7. The Kier molecular flexibility index (Phi) is 6.28. The van der Waals surface area contributed by atoms with Crippen LogP contribution in [0.4, 0.5) is 0 Å². The van der Waals surface area contributed by atoms with Crippen molar-refractivity contribution in [1.82, 2.24) is 14.6 Å². The molecule has 0 fully saturated rings. The molecule has 3 aromatic rings. The number of aromatic nitrogens is 1. The zero-order valence-electron chi connectivity index (χ0n) is 18.7. The number of benzene rings is 2. The summed E-state index contributed by atoms with van der Waals surface area (Å²) in [6.45, 7) is 0.503. The van der Waals surface area contributed by atoms with E-state index in [1.807, 2.05) is 30.3 Å². The molecule has 1 unspecified atom stereocenters. The van der Waals surface area contributed by atoms with Crippen LogP contribution in [0.2, 0.25) is 0 Å². The summed E-state index contributed by atoms with van der Waals surface area (Å²) in [6.07, 6.45) is 2.60. The molecule has 10 heteroatoms. The highest BCUT2D eigenvalue weighted by molar-refractivity contribution is 7.89. The number of nitrogens with zero attached hydrogens (tertiary/aromatic N) is 2. The van der Waals surface area contributed by atoms with Gasteiger partial charge in [0.05, 0.1) is 28.1 Å². The van der Waals surface area contributed by atoms with Crippen molar-refractivity contribution in [2.75, 3.05) is 26.8 Å². The molecule has 0 radical (unpaired) electrons. The Bertz CT molecular complexity index is 1310. The van der Waals surface area contributed by atoms with Gasteiger partial charge in [-0.3, -0.25) is 4.79 Å². The minimum absolute atomic E-state index is 0.0574. The first-order chi connectivity index (χ1) is 16.4. The Hall–Kier alpha value is -2.95. The van der Waals surface area contributed by atoms with Crippen molar-refractivity contribution in [3.63, 3.8) is 0 Å². The van der Waals surface area contributed by atoms with Crippen molar-refractivity contribution >= 4 is 27.3 Å². The number of sulfonamides is 1. The molecule has 2 heterocycles. The van der Waals surface area contributed by atoms with Crippen molar-refractivity contribution in [3.05, 3.63) is 59.1 Å². The molecule has 2 aliphatic rings. The van der Waals surface area contributed by atoms with Crippen LogP contribution in [0.1, 0.15) is 29.5 Å². The molecule has 8 nitrogen and oxygen atoms in total. The SMILES string of the molecule is CN(CC(=O)NC1CCCc2nc(-c3ccccc3)sc21)S(=O)(=O)c1ccc2c(c1)OCCO2. The molecule has 1 aliphatic heterocycles. The van der Waals surface area contributed by atoms with E-state index in [4.69, 9.17) is 14.5 Å². The first-order valence-electron chi connectivity index (χ1n) is 11.1. The van der Waals surface area contributed by atoms with Gasteiger partial charge in [0.25, 0.3) is 0 Å². The number of carbonyl (C=O) groups excluding carboxylic acids is 1. The summed E-state index contributed by atoms with van der Waals surface area (Å²) in [6, 6.07) is 14.3. The summed E-state index contributed by atoms with van der Waals surface area (Å²) in [5, 5.41) is 3.96. The van der Waals surface area contributed by atoms with E-state index in [-0.39, 0.29) is 23.4 Å². The highest BCUT2D eigenvalue weighted by Crippen LogP contribution is 2.38. The number of aryl methyl sites for hydroxylation is 1. The van der Waals surface area contributed by atoms with E-state index in [1.165, 1.54) is 19.2 Å². The van der Waals surface area contributed by atoms with Crippen LogP contribution >= 0.6 is 11.3 Å². The predicted octanol–water partition coefficient (Wildman–Crippen LogP) is 3.40. The second-order valence-electron chi connectivity index (χ2n) is 8.27. The van der Waals surface area contributed by atoms with E-state index in [2.05, 4.69) is 5.32 Å². The Morgan fingerprint density at radius 3 is 2.71 bits per heavy atom. The monoisotopic (exact) mass is 499 g/mol. The van der Waals surface area contributed by atoms with E-state index < -0.39 is 10.0 Å². The van der Waals surface area contributed by atoms with Gasteiger partial charge >= 0.3 is 0 Å². The van der Waals surface area contributed by atoms with Crippen LogP contribution < -0.4 is 14.8 Å². The Morgan fingerprint density at radius 2 is 1.91 bits per heavy atom. The number of ether oxygens (including phenoxy) is 2. The average molecular weight is 500 g/mol. The van der Waals surface area contributed by atoms with Crippen LogP contribution in [-0.4, -0.2) is 50.4 Å². The summed E-state index contributed by atoms with van der Waals surface area (Å²) in [5.41, 5.74) is 2.06. The van der Waals surface area contributed by atoms with Gasteiger partial charge in [0.1, 0.15) is 18.2 Å². The van der Waals surface area contributed by atoms with E-state index >= 15 is 0 Å². The van der Waals surface area contributed by atoms with Crippen LogP contribution in [0, 0.1) is 0 Å². The highest BCUT2D eigenvalue weighted by Gasteiger charge is 2.29. The van der Waals surface area contributed by atoms with Gasteiger partial charge in [-0.15, -0.1) is 11.3 Å². The van der Waals surface area contributed by atoms with E-state index in [9.17, 15) is 13.2 Å². The molecule has 2 aromatic carbocycles. The van der Waals surface area contributed by atoms with E-state index in [0.717, 1.165) is 44.7 Å². The molecule has 0 saturated carbocycles. The summed E-state index contributed by atoms with van der Waals surface area (Å²) < 4.78 is 38.1. The second-order valence-corrected chi connectivity index (χ2v) is 11.4. The maximum absolute atomic E-state index is 13.0. The fourth-order valence-corrected chi connectivity index (χ4v) is 6.50. The van der Waals surface area contributed by atoms with Crippen molar-refractivity contribution < 1.29 is 22.7 Å². The largest absolute Gasteiger partial charge is 0.486 e. The lowest BCUT2D eigenvalue weighted by molar-refractivity contribution is -0.121. The predicted molar refractivity (Wildman–Crippen MR) is 129 cm³/mol. The fraction of sp³-hybridized carbons (Fsp3) is 0.333. The molecule has 1 atom stereocenters. The number of amides is 1. The lowest BCUT2D eigenvalue weighted by Gasteiger charge is -2.24. The smallest absolute Gasteiger partial charge is 0.243 e. The summed E-state index contributed by atoms with van der Waals surface area (Å²) in [5.74, 6) is 0.550. The van der Waals surface area contributed by atoms with Gasteiger partial charge in [-0.2, -0.15) is 4.31 Å². The number of hydrogen-bond donors (Lipinski definition) is 1. The third-order valence-electron chi connectivity index (χ3n) is 5.89. The Labute approximate surface area is 202 Å². The van der Waals surface area contributed by atoms with Gasteiger partial charge in [-0.1, -0.05) is 30.3 Å². The number of likely N-dealkylation sites (N-methyl/N-ethyl adjacent to an activating group) is 1. The molecular weight excluding hydrogens is 474 g/mol. The quantitative estimate of drug-likeness (QED) is 0.558. The molecule has 0 spiro atoms. The van der Waals surface area contributed by atoms with Crippen LogP contribution in [0.25, 0.3) is 10.6 Å². The number of thiazole rings is 1. The average Bonchev–Trinajstić information content (AvgIpc) is 3.30. The molecule has 0 bridgehead atoms. The third-order valence-corrected chi connectivity index (χ3v) is 8.95. The lowest BCUT2D eigenvalue weighted by atomic mass is 9.98. The highest BCUT2D eigenvalue weighted by atomic mass is 32.2. The van der Waals surface area contributed by atoms with Gasteiger partial charge in [0.15, 0.2) is 11.5 Å². The molecule has 1 aliphatic carbocycles. The standard InChI is InChI=1S/C24H25N3O5S2/c1-27(34(29,30)17-10-11-20-21(14-17)32-13-12-31-20)15-22(28)25-18-8-5-9-19-23(18)33-24(26-19)16-6-3-2-4-7-16/h2-4,6-7,10-11,14,18H,5,8-9,12-13,15H2,1H3,(H,25,28). The van der Waals surface area contributed by atoms with Crippen molar-refractivity contribution in [2.24, 2.45) is 0 Å². The van der Waals surface area contributed by atoms with Crippen molar-refractivity contribution in [3.8, 4) is 22.1 Å². The van der Waals surface area contributed by atoms with Crippen molar-refractivity contribution in [2.45, 2.75) is 30.2 Å². The topological polar surface area (TPSA) is 97.8 Å². The van der Waals surface area contributed by atoms with Gasteiger partial charge < -0.3 is 14.8 Å². The van der Waals surface area contributed by atoms with Crippen LogP contribution in [0.3, 0.4) is 0 Å². The zero-order valence-corrected chi connectivity index (χ0v) is 20.3. The van der Waals surface area contributed by atoms with Crippen LogP contribution in [0.5, 0.6) is 11.5 Å². The molecule has 178 valence electrons. The van der Waals surface area contributed by atoms with Gasteiger partial charge in [-0.25, -0.2) is 13.4 Å². The lowest BCUT2D eigenvalue weighted by Crippen LogP contribution is -2.40. The van der Waals surface area contributed by atoms with Crippen molar-refractivity contribution in [1.29, 1.82) is 0 Å². The fourth-order valence-electron chi connectivity index (χ4n) is 4.15. The zero-order chi connectivity index (χ0) is 23.7. The van der Waals surface area contributed by atoms with Gasteiger partial charge in [0, 0.05) is 18.7 Å². The number of carbonyl (C=O) groups is 1. The van der Waals surface area contributed by atoms with Crippen LogP contribution in [-0.2, 0) is 21.2 Å². The third kappa shape index (κ3) is 4.53. The summed E-state index contributed by atoms with van der Waals surface area (Å²) >= 11 is 1.59. The van der Waals surface area contributed by atoms with E-state index in [1.54, 1.807) is 17.4 Å². The second kappa shape index (κ2) is 9.36. The molecule has 1 aromatic heterocycles. The summed E-state index contributed by atoms with van der Waals surface area (Å²) in [7, 11) is -2.47. The number of hydrogen-bond acceptors (Lipinski definition) is 7. The molecule has 5 rings (SSSR count). The normalized spacial score (nSPS) is 17.3.